The summed E-state index contributed by atoms with van der Waals surface area (Å²) < 4.78 is 28.8. The van der Waals surface area contributed by atoms with Crippen LogP contribution in [0.25, 0.3) is 0 Å². The van der Waals surface area contributed by atoms with Crippen LogP contribution in [0.4, 0.5) is 0 Å². The van der Waals surface area contributed by atoms with E-state index in [-0.39, 0.29) is 11.7 Å². The van der Waals surface area contributed by atoms with Gasteiger partial charge in [-0.15, -0.1) is 0 Å². The molecule has 150 valence electrons. The molecular weight excluding hydrogens is 350 g/mol. The second kappa shape index (κ2) is 8.91. The van der Waals surface area contributed by atoms with E-state index < -0.39 is 9.84 Å². The van der Waals surface area contributed by atoms with E-state index in [1.807, 2.05) is 0 Å². The summed E-state index contributed by atoms with van der Waals surface area (Å²) in [5.41, 5.74) is 0. The number of sulfone groups is 1. The first-order chi connectivity index (χ1) is 12.4. The SMILES string of the molecule is CC1CCC(NC(=NCC2CCS(=O)(=O)C2)NCC2CCOC2)CC1C. The molecule has 2 aliphatic heterocycles. The molecule has 0 radical (unpaired) electrons. The number of rotatable bonds is 5. The minimum Gasteiger partial charge on any atom is -0.381 e. The fraction of sp³-hybridized carbons (Fsp3) is 0.947. The summed E-state index contributed by atoms with van der Waals surface area (Å²) in [5, 5.41) is 7.11. The van der Waals surface area contributed by atoms with Gasteiger partial charge in [0.05, 0.1) is 18.1 Å². The van der Waals surface area contributed by atoms with Gasteiger partial charge in [-0.25, -0.2) is 8.42 Å². The third-order valence-corrected chi connectivity index (χ3v) is 8.19. The Kier molecular flexibility index (Phi) is 6.83. The highest BCUT2D eigenvalue weighted by atomic mass is 32.2. The maximum absolute atomic E-state index is 11.7. The van der Waals surface area contributed by atoms with Crippen LogP contribution in [0.3, 0.4) is 0 Å². The molecule has 1 saturated carbocycles. The lowest BCUT2D eigenvalue weighted by molar-refractivity contribution is 0.186. The molecule has 0 spiro atoms. The topological polar surface area (TPSA) is 79.8 Å². The first-order valence-corrected chi connectivity index (χ1v) is 12.1. The fourth-order valence-electron chi connectivity index (χ4n) is 4.25. The molecule has 1 aliphatic carbocycles. The maximum atomic E-state index is 11.7. The summed E-state index contributed by atoms with van der Waals surface area (Å²) in [6, 6.07) is 0.458. The zero-order valence-corrected chi connectivity index (χ0v) is 17.1. The molecule has 0 aromatic heterocycles. The standard InChI is InChI=1S/C19H35N3O3S/c1-14-3-4-18(9-15(14)2)22-19(20-10-16-5-7-25-12-16)21-11-17-6-8-26(23,24)13-17/h14-18H,3-13H2,1-2H3,(H2,20,21,22). The molecule has 5 atom stereocenters. The van der Waals surface area contributed by atoms with Gasteiger partial charge in [0.15, 0.2) is 15.8 Å². The molecule has 26 heavy (non-hydrogen) atoms. The van der Waals surface area contributed by atoms with Crippen LogP contribution >= 0.6 is 0 Å². The largest absolute Gasteiger partial charge is 0.381 e. The van der Waals surface area contributed by atoms with E-state index >= 15 is 0 Å². The lowest BCUT2D eigenvalue weighted by atomic mass is 9.79. The van der Waals surface area contributed by atoms with Crippen LogP contribution in [-0.2, 0) is 14.6 Å². The molecule has 5 unspecified atom stereocenters. The number of hydrogen-bond donors (Lipinski definition) is 2. The second-order valence-electron chi connectivity index (χ2n) is 8.68. The van der Waals surface area contributed by atoms with Crippen LogP contribution in [0, 0.1) is 23.7 Å². The van der Waals surface area contributed by atoms with E-state index in [0.717, 1.165) is 50.4 Å². The smallest absolute Gasteiger partial charge is 0.191 e. The maximum Gasteiger partial charge on any atom is 0.191 e. The molecule has 3 aliphatic rings. The van der Waals surface area contributed by atoms with Gasteiger partial charge < -0.3 is 15.4 Å². The number of nitrogens with zero attached hydrogens (tertiary/aromatic N) is 1. The minimum atomic E-state index is -2.84. The van der Waals surface area contributed by atoms with Gasteiger partial charge in [-0.3, -0.25) is 4.99 Å². The lowest BCUT2D eigenvalue weighted by Gasteiger charge is -2.33. The van der Waals surface area contributed by atoms with Crippen LogP contribution in [0.5, 0.6) is 0 Å². The molecule has 7 heteroatoms. The average molecular weight is 386 g/mol. The monoisotopic (exact) mass is 385 g/mol. The van der Waals surface area contributed by atoms with Gasteiger partial charge >= 0.3 is 0 Å². The Morgan fingerprint density at radius 1 is 1.12 bits per heavy atom. The molecule has 0 aromatic carbocycles. The van der Waals surface area contributed by atoms with Crippen LogP contribution < -0.4 is 10.6 Å². The molecule has 0 bridgehead atoms. The summed E-state index contributed by atoms with van der Waals surface area (Å²) in [5.74, 6) is 3.69. The Morgan fingerprint density at radius 3 is 2.62 bits per heavy atom. The van der Waals surface area contributed by atoms with Crippen molar-refractivity contribution >= 4 is 15.8 Å². The number of nitrogens with one attached hydrogen (secondary N) is 2. The Balaban J connectivity index is 1.56. The van der Waals surface area contributed by atoms with Crippen molar-refractivity contribution in [2.45, 2.75) is 52.0 Å². The highest BCUT2D eigenvalue weighted by molar-refractivity contribution is 7.91. The van der Waals surface area contributed by atoms with E-state index in [4.69, 9.17) is 9.73 Å². The van der Waals surface area contributed by atoms with Crippen molar-refractivity contribution in [3.63, 3.8) is 0 Å². The number of ether oxygens (including phenoxy) is 1. The van der Waals surface area contributed by atoms with E-state index in [9.17, 15) is 8.42 Å². The van der Waals surface area contributed by atoms with Crippen LogP contribution in [-0.4, -0.2) is 58.2 Å². The minimum absolute atomic E-state index is 0.165. The highest BCUT2D eigenvalue weighted by Crippen LogP contribution is 2.29. The quantitative estimate of drug-likeness (QED) is 0.557. The van der Waals surface area contributed by atoms with Gasteiger partial charge in [0, 0.05) is 31.7 Å². The number of guanidine groups is 1. The van der Waals surface area contributed by atoms with Crippen molar-refractivity contribution in [3.8, 4) is 0 Å². The molecule has 0 amide bonds. The summed E-state index contributed by atoms with van der Waals surface area (Å²) in [4.78, 5) is 4.76. The first-order valence-electron chi connectivity index (χ1n) is 10.2. The summed E-state index contributed by atoms with van der Waals surface area (Å²) >= 11 is 0. The molecule has 6 nitrogen and oxygen atoms in total. The van der Waals surface area contributed by atoms with Crippen molar-refractivity contribution in [1.82, 2.24) is 10.6 Å². The van der Waals surface area contributed by atoms with Gasteiger partial charge in [-0.2, -0.15) is 0 Å². The van der Waals surface area contributed by atoms with Crippen molar-refractivity contribution < 1.29 is 13.2 Å². The molecule has 0 aromatic rings. The number of aliphatic imine (C=N–C) groups is 1. The van der Waals surface area contributed by atoms with Crippen molar-refractivity contribution in [1.29, 1.82) is 0 Å². The van der Waals surface area contributed by atoms with E-state index in [0.29, 0.717) is 24.3 Å². The molecule has 2 N–H and O–H groups in total. The average Bonchev–Trinajstić information content (AvgIpc) is 3.22. The van der Waals surface area contributed by atoms with E-state index in [2.05, 4.69) is 24.5 Å². The summed E-state index contributed by atoms with van der Waals surface area (Å²) in [7, 11) is -2.84. The summed E-state index contributed by atoms with van der Waals surface area (Å²) in [6.45, 7) is 7.81. The van der Waals surface area contributed by atoms with Gasteiger partial charge in [0.2, 0.25) is 0 Å². The summed E-state index contributed by atoms with van der Waals surface area (Å²) in [6.07, 6.45) is 5.44. The predicted molar refractivity (Wildman–Crippen MR) is 105 cm³/mol. The van der Waals surface area contributed by atoms with E-state index in [1.165, 1.54) is 19.3 Å². The van der Waals surface area contributed by atoms with Crippen molar-refractivity contribution in [2.75, 3.05) is 37.8 Å². The van der Waals surface area contributed by atoms with Crippen LogP contribution in [0.2, 0.25) is 0 Å². The molecule has 2 heterocycles. The Hall–Kier alpha value is -0.820. The van der Waals surface area contributed by atoms with Crippen molar-refractivity contribution in [3.05, 3.63) is 0 Å². The third-order valence-electron chi connectivity index (χ3n) is 6.36. The van der Waals surface area contributed by atoms with Crippen molar-refractivity contribution in [2.24, 2.45) is 28.7 Å². The van der Waals surface area contributed by atoms with Gasteiger partial charge in [-0.1, -0.05) is 13.8 Å². The van der Waals surface area contributed by atoms with Crippen LogP contribution in [0.15, 0.2) is 4.99 Å². The first kappa shape index (κ1) is 19.9. The van der Waals surface area contributed by atoms with Gasteiger partial charge in [0.25, 0.3) is 0 Å². The Morgan fingerprint density at radius 2 is 1.96 bits per heavy atom. The Bertz CT molecular complexity index is 587. The zero-order chi connectivity index (χ0) is 18.6. The molecule has 3 rings (SSSR count). The fourth-order valence-corrected chi connectivity index (χ4v) is 6.10. The lowest BCUT2D eigenvalue weighted by Crippen LogP contribution is -2.47. The van der Waals surface area contributed by atoms with E-state index in [1.54, 1.807) is 0 Å². The highest BCUT2D eigenvalue weighted by Gasteiger charge is 2.28. The van der Waals surface area contributed by atoms with Gasteiger partial charge in [-0.05, 0) is 49.9 Å². The predicted octanol–water partition coefficient (Wildman–Crippen LogP) is 1.82. The number of hydrogen-bond acceptors (Lipinski definition) is 4. The van der Waals surface area contributed by atoms with Crippen LogP contribution in [0.1, 0.15) is 46.0 Å². The third kappa shape index (κ3) is 5.84. The normalized spacial score (nSPS) is 37.6. The molecular formula is C19H35N3O3S. The second-order valence-corrected chi connectivity index (χ2v) is 10.9. The van der Waals surface area contributed by atoms with Gasteiger partial charge in [0.1, 0.15) is 0 Å². The Labute approximate surface area is 158 Å². The zero-order valence-electron chi connectivity index (χ0n) is 16.2. The molecule has 2 saturated heterocycles. The molecule has 3 fully saturated rings.